The molecule has 0 aromatic rings. The Bertz CT molecular complexity index is 727. The Morgan fingerprint density at radius 2 is 0.875 bits per heavy atom. The van der Waals surface area contributed by atoms with E-state index in [0.717, 1.165) is 0 Å². The Morgan fingerprint density at radius 1 is 0.583 bits per heavy atom. The lowest BCUT2D eigenvalue weighted by atomic mass is 9.78. The van der Waals surface area contributed by atoms with E-state index < -0.39 is 23.1 Å². The maximum atomic E-state index is 12.3. The molecule has 0 N–H and O–H groups in total. The van der Waals surface area contributed by atoms with Crippen LogP contribution in [0.3, 0.4) is 0 Å². The van der Waals surface area contributed by atoms with Gasteiger partial charge in [-0.2, -0.15) is 0 Å². The van der Waals surface area contributed by atoms with Crippen LogP contribution in [0.1, 0.15) is 41.5 Å². The Hall–Kier alpha value is -2.36. The van der Waals surface area contributed by atoms with Crippen LogP contribution in [0.4, 0.5) is 0 Å². The van der Waals surface area contributed by atoms with Crippen LogP contribution >= 0.6 is 0 Å². The minimum atomic E-state index is -0.541. The summed E-state index contributed by atoms with van der Waals surface area (Å²) >= 11 is 0. The molecule has 0 spiro atoms. The molecule has 0 saturated carbocycles. The lowest BCUT2D eigenvalue weighted by Gasteiger charge is -2.23. The van der Waals surface area contributed by atoms with Crippen molar-refractivity contribution in [3.05, 3.63) is 45.6 Å². The van der Waals surface area contributed by atoms with Gasteiger partial charge in [0, 0.05) is 22.3 Å². The SMILES string of the molecule is CC1=C(C2=C(C)C(=O)C(=O)C(C(C)C)=C2)C=C(C(C)C)C(=O)C1=O. The molecule has 0 bridgehead atoms. The second kappa shape index (κ2) is 6.27. The van der Waals surface area contributed by atoms with Gasteiger partial charge < -0.3 is 0 Å². The summed E-state index contributed by atoms with van der Waals surface area (Å²) in [5, 5.41) is 0. The Kier molecular flexibility index (Phi) is 4.70. The second-order valence-electron chi connectivity index (χ2n) is 6.90. The predicted octanol–water partition coefficient (Wildman–Crippen LogP) is 3.09. The van der Waals surface area contributed by atoms with Gasteiger partial charge in [0.1, 0.15) is 0 Å². The first-order valence-corrected chi connectivity index (χ1v) is 8.11. The lowest BCUT2D eigenvalue weighted by molar-refractivity contribution is -0.132. The van der Waals surface area contributed by atoms with Gasteiger partial charge >= 0.3 is 0 Å². The highest BCUT2D eigenvalue weighted by Gasteiger charge is 2.34. The molecule has 0 radical (unpaired) electrons. The summed E-state index contributed by atoms with van der Waals surface area (Å²) in [4.78, 5) is 49.0. The molecule has 2 aliphatic rings. The largest absolute Gasteiger partial charge is 0.285 e. The third-order valence-electron chi connectivity index (χ3n) is 4.56. The van der Waals surface area contributed by atoms with Gasteiger partial charge in [0.15, 0.2) is 0 Å². The highest BCUT2D eigenvalue weighted by molar-refractivity contribution is 6.51. The monoisotopic (exact) mass is 326 g/mol. The van der Waals surface area contributed by atoms with E-state index in [2.05, 4.69) is 0 Å². The molecule has 2 aliphatic carbocycles. The quantitative estimate of drug-likeness (QED) is 0.590. The van der Waals surface area contributed by atoms with Gasteiger partial charge in [0.05, 0.1) is 0 Å². The van der Waals surface area contributed by atoms with Crippen LogP contribution in [0.5, 0.6) is 0 Å². The Balaban J connectivity index is 2.73. The first-order valence-electron chi connectivity index (χ1n) is 8.11. The van der Waals surface area contributed by atoms with Crippen molar-refractivity contribution in [3.8, 4) is 0 Å². The van der Waals surface area contributed by atoms with Crippen molar-refractivity contribution in [2.24, 2.45) is 11.8 Å². The fourth-order valence-electron chi connectivity index (χ4n) is 2.92. The van der Waals surface area contributed by atoms with Crippen molar-refractivity contribution in [1.29, 1.82) is 0 Å². The zero-order chi connectivity index (χ0) is 18.3. The molecule has 4 nitrogen and oxygen atoms in total. The third-order valence-corrected chi connectivity index (χ3v) is 4.56. The van der Waals surface area contributed by atoms with Crippen molar-refractivity contribution in [2.45, 2.75) is 41.5 Å². The molecule has 0 aromatic heterocycles. The molecular formula is C20H22O4. The van der Waals surface area contributed by atoms with E-state index in [-0.39, 0.29) is 11.8 Å². The van der Waals surface area contributed by atoms with Crippen molar-refractivity contribution in [3.63, 3.8) is 0 Å². The summed E-state index contributed by atoms with van der Waals surface area (Å²) in [5.74, 6) is -2.26. The summed E-state index contributed by atoms with van der Waals surface area (Å²) in [5.41, 5.74) is 2.65. The fraction of sp³-hybridized carbons (Fsp3) is 0.400. The van der Waals surface area contributed by atoms with Gasteiger partial charge in [-0.05, 0) is 49.0 Å². The van der Waals surface area contributed by atoms with E-state index in [1.54, 1.807) is 26.0 Å². The minimum Gasteiger partial charge on any atom is -0.285 e. The molecule has 0 aromatic carbocycles. The molecule has 0 aliphatic heterocycles. The molecule has 0 saturated heterocycles. The van der Waals surface area contributed by atoms with E-state index in [1.165, 1.54) is 0 Å². The van der Waals surface area contributed by atoms with Crippen molar-refractivity contribution in [1.82, 2.24) is 0 Å². The lowest BCUT2D eigenvalue weighted by Crippen LogP contribution is -2.28. The summed E-state index contributed by atoms with van der Waals surface area (Å²) in [6, 6.07) is 0. The van der Waals surface area contributed by atoms with Crippen molar-refractivity contribution >= 4 is 23.1 Å². The van der Waals surface area contributed by atoms with E-state index in [1.807, 2.05) is 27.7 Å². The standard InChI is InChI=1S/C20H22O4/c1-9(2)13-7-15(11(5)17(21)19(13)23)16-8-14(10(3)4)20(24)18(22)12(16)6/h7-10H,1-6H3. The summed E-state index contributed by atoms with van der Waals surface area (Å²) < 4.78 is 0. The summed E-state index contributed by atoms with van der Waals surface area (Å²) in [7, 11) is 0. The maximum absolute atomic E-state index is 12.3. The smallest absolute Gasteiger partial charge is 0.229 e. The summed E-state index contributed by atoms with van der Waals surface area (Å²) in [6.45, 7) is 10.6. The van der Waals surface area contributed by atoms with Gasteiger partial charge in [-0.3, -0.25) is 19.2 Å². The Labute approximate surface area is 142 Å². The normalized spacial score (nSPS) is 19.7. The predicted molar refractivity (Wildman–Crippen MR) is 91.3 cm³/mol. The van der Waals surface area contributed by atoms with Crippen molar-refractivity contribution < 1.29 is 19.2 Å². The van der Waals surface area contributed by atoms with Gasteiger partial charge in [0.2, 0.25) is 23.1 Å². The number of ketones is 4. The number of carbonyl (C=O) groups excluding carboxylic acids is 4. The molecule has 0 atom stereocenters. The minimum absolute atomic E-state index is 0.0973. The first kappa shape index (κ1) is 18.0. The maximum Gasteiger partial charge on any atom is 0.229 e. The van der Waals surface area contributed by atoms with Crippen LogP contribution in [0.2, 0.25) is 0 Å². The fourth-order valence-corrected chi connectivity index (χ4v) is 2.92. The number of hydrogen-bond donors (Lipinski definition) is 0. The number of Topliss-reactive ketones (excluding diaryl/α,β-unsaturated/α-hetero) is 4. The van der Waals surface area contributed by atoms with Crippen LogP contribution in [-0.2, 0) is 19.2 Å². The van der Waals surface area contributed by atoms with Crippen molar-refractivity contribution in [2.75, 3.05) is 0 Å². The molecule has 0 amide bonds. The molecule has 0 unspecified atom stereocenters. The topological polar surface area (TPSA) is 68.3 Å². The van der Waals surface area contributed by atoms with Gasteiger partial charge in [-0.25, -0.2) is 0 Å². The van der Waals surface area contributed by atoms with E-state index >= 15 is 0 Å². The van der Waals surface area contributed by atoms with E-state index in [4.69, 9.17) is 0 Å². The average Bonchev–Trinajstić information content (AvgIpc) is 2.51. The van der Waals surface area contributed by atoms with Crippen LogP contribution in [0.15, 0.2) is 45.6 Å². The molecular weight excluding hydrogens is 304 g/mol. The average molecular weight is 326 g/mol. The zero-order valence-corrected chi connectivity index (χ0v) is 14.9. The first-order chi connectivity index (χ1) is 11.1. The van der Waals surface area contributed by atoms with Crippen LogP contribution in [0.25, 0.3) is 0 Å². The van der Waals surface area contributed by atoms with Crippen LogP contribution in [-0.4, -0.2) is 23.1 Å². The van der Waals surface area contributed by atoms with Crippen LogP contribution in [0, 0.1) is 11.8 Å². The highest BCUT2D eigenvalue weighted by Crippen LogP contribution is 2.34. The Morgan fingerprint density at radius 3 is 1.12 bits per heavy atom. The molecule has 0 fully saturated rings. The number of carbonyl (C=O) groups is 4. The second-order valence-corrected chi connectivity index (χ2v) is 6.90. The number of allylic oxidation sites excluding steroid dienone is 8. The highest BCUT2D eigenvalue weighted by atomic mass is 16.2. The number of hydrogen-bond acceptors (Lipinski definition) is 4. The van der Waals surface area contributed by atoms with Crippen LogP contribution < -0.4 is 0 Å². The third kappa shape index (κ3) is 2.77. The van der Waals surface area contributed by atoms with E-state index in [0.29, 0.717) is 33.4 Å². The molecule has 2 rings (SSSR count). The van der Waals surface area contributed by atoms with Gasteiger partial charge in [-0.1, -0.05) is 27.7 Å². The number of rotatable bonds is 3. The van der Waals surface area contributed by atoms with Gasteiger partial charge in [0.25, 0.3) is 0 Å². The van der Waals surface area contributed by atoms with E-state index in [9.17, 15) is 19.2 Å². The molecule has 126 valence electrons. The van der Waals surface area contributed by atoms with Gasteiger partial charge in [-0.15, -0.1) is 0 Å². The molecule has 24 heavy (non-hydrogen) atoms. The zero-order valence-electron chi connectivity index (χ0n) is 14.9. The summed E-state index contributed by atoms with van der Waals surface area (Å²) in [6.07, 6.45) is 3.39. The molecule has 0 heterocycles. The molecule has 4 heteroatoms.